The zero-order chi connectivity index (χ0) is 12.7. The Labute approximate surface area is 103 Å². The molecular formula is C13H21N3O. The summed E-state index contributed by atoms with van der Waals surface area (Å²) in [6.07, 6.45) is 5.35. The van der Waals surface area contributed by atoms with Gasteiger partial charge < -0.3 is 10.2 Å². The van der Waals surface area contributed by atoms with Crippen LogP contribution in [0.5, 0.6) is 0 Å². The van der Waals surface area contributed by atoms with Crippen molar-refractivity contribution >= 4 is 11.6 Å². The Bertz CT molecular complexity index is 365. The molecule has 1 N–H and O–H groups in total. The highest BCUT2D eigenvalue weighted by Gasteiger charge is 2.14. The van der Waals surface area contributed by atoms with E-state index >= 15 is 0 Å². The Hall–Kier alpha value is -1.58. The molecule has 0 unspecified atom stereocenters. The van der Waals surface area contributed by atoms with Gasteiger partial charge in [-0.3, -0.25) is 9.78 Å². The molecule has 0 atom stereocenters. The van der Waals surface area contributed by atoms with Crippen LogP contribution in [0.25, 0.3) is 0 Å². The second kappa shape index (κ2) is 6.89. The van der Waals surface area contributed by atoms with Crippen molar-refractivity contribution < 1.29 is 4.79 Å². The maximum absolute atomic E-state index is 12.2. The van der Waals surface area contributed by atoms with Crippen LogP contribution in [-0.2, 0) is 0 Å². The fraction of sp³-hybridized carbons (Fsp3) is 0.538. The Morgan fingerprint density at radius 2 is 2.18 bits per heavy atom. The standard InChI is InChI=1S/C13H21N3O/c1-4-7-15-12-10-14-8-6-11(12)13(17)16(3)9-5-2/h6,8,10,15H,4-5,7,9H2,1-3H3. The molecule has 0 bridgehead atoms. The normalized spacial score (nSPS) is 10.1. The van der Waals surface area contributed by atoms with Crippen LogP contribution in [0, 0.1) is 0 Å². The van der Waals surface area contributed by atoms with Gasteiger partial charge in [0.2, 0.25) is 0 Å². The van der Waals surface area contributed by atoms with Crippen LogP contribution in [0.2, 0.25) is 0 Å². The fourth-order valence-electron chi connectivity index (χ4n) is 1.62. The molecule has 0 aliphatic carbocycles. The van der Waals surface area contributed by atoms with Crippen LogP contribution < -0.4 is 5.32 Å². The number of nitrogens with one attached hydrogen (secondary N) is 1. The zero-order valence-corrected chi connectivity index (χ0v) is 10.9. The van der Waals surface area contributed by atoms with E-state index in [-0.39, 0.29) is 5.91 Å². The molecule has 0 spiro atoms. The van der Waals surface area contributed by atoms with Gasteiger partial charge in [-0.15, -0.1) is 0 Å². The van der Waals surface area contributed by atoms with Gasteiger partial charge in [0.25, 0.3) is 5.91 Å². The molecule has 0 aliphatic heterocycles. The largest absolute Gasteiger partial charge is 0.383 e. The number of pyridine rings is 1. The van der Waals surface area contributed by atoms with E-state index in [1.807, 2.05) is 7.05 Å². The van der Waals surface area contributed by atoms with Gasteiger partial charge in [-0.05, 0) is 18.9 Å². The van der Waals surface area contributed by atoms with Gasteiger partial charge in [0, 0.05) is 26.3 Å². The Morgan fingerprint density at radius 3 is 2.82 bits per heavy atom. The smallest absolute Gasteiger partial charge is 0.255 e. The zero-order valence-electron chi connectivity index (χ0n) is 10.9. The maximum Gasteiger partial charge on any atom is 0.255 e. The molecule has 1 amide bonds. The third-order valence-corrected chi connectivity index (χ3v) is 2.52. The number of anilines is 1. The quantitative estimate of drug-likeness (QED) is 0.823. The first-order valence-corrected chi connectivity index (χ1v) is 6.14. The molecule has 0 aliphatic rings. The minimum atomic E-state index is 0.0489. The SMILES string of the molecule is CCCNc1cnccc1C(=O)N(C)CCC. The highest BCUT2D eigenvalue weighted by Crippen LogP contribution is 2.15. The van der Waals surface area contributed by atoms with E-state index < -0.39 is 0 Å². The van der Waals surface area contributed by atoms with Crippen molar-refractivity contribution in [3.63, 3.8) is 0 Å². The number of hydrogen-bond donors (Lipinski definition) is 1. The first-order valence-electron chi connectivity index (χ1n) is 6.14. The first-order chi connectivity index (χ1) is 8.20. The van der Waals surface area contributed by atoms with E-state index in [2.05, 4.69) is 24.1 Å². The number of amides is 1. The topological polar surface area (TPSA) is 45.2 Å². The Kier molecular flexibility index (Phi) is 5.46. The summed E-state index contributed by atoms with van der Waals surface area (Å²) < 4.78 is 0. The molecule has 4 heteroatoms. The molecule has 0 saturated heterocycles. The van der Waals surface area contributed by atoms with Crippen LogP contribution in [-0.4, -0.2) is 35.9 Å². The summed E-state index contributed by atoms with van der Waals surface area (Å²) in [7, 11) is 1.83. The molecule has 1 heterocycles. The molecular weight excluding hydrogens is 214 g/mol. The lowest BCUT2D eigenvalue weighted by Crippen LogP contribution is -2.28. The summed E-state index contributed by atoms with van der Waals surface area (Å²) in [6.45, 7) is 5.78. The van der Waals surface area contributed by atoms with Gasteiger partial charge in [-0.2, -0.15) is 0 Å². The van der Waals surface area contributed by atoms with Crippen molar-refractivity contribution in [3.8, 4) is 0 Å². The van der Waals surface area contributed by atoms with Crippen molar-refractivity contribution in [2.45, 2.75) is 26.7 Å². The van der Waals surface area contributed by atoms with E-state index in [0.29, 0.717) is 5.56 Å². The van der Waals surface area contributed by atoms with Gasteiger partial charge in [0.05, 0.1) is 17.4 Å². The summed E-state index contributed by atoms with van der Waals surface area (Å²) in [4.78, 5) is 18.0. The van der Waals surface area contributed by atoms with Crippen LogP contribution in [0.4, 0.5) is 5.69 Å². The second-order valence-electron chi connectivity index (χ2n) is 4.07. The third kappa shape index (κ3) is 3.73. The van der Waals surface area contributed by atoms with Crippen molar-refractivity contribution in [1.82, 2.24) is 9.88 Å². The van der Waals surface area contributed by atoms with E-state index in [0.717, 1.165) is 31.6 Å². The third-order valence-electron chi connectivity index (χ3n) is 2.52. The highest BCUT2D eigenvalue weighted by molar-refractivity contribution is 5.99. The average Bonchev–Trinajstić information content (AvgIpc) is 2.36. The van der Waals surface area contributed by atoms with Crippen LogP contribution >= 0.6 is 0 Å². The van der Waals surface area contributed by atoms with E-state index in [1.54, 1.807) is 23.4 Å². The Balaban J connectivity index is 2.84. The molecule has 1 rings (SSSR count). The van der Waals surface area contributed by atoms with E-state index in [9.17, 15) is 4.79 Å². The minimum Gasteiger partial charge on any atom is -0.383 e. The van der Waals surface area contributed by atoms with Gasteiger partial charge in [0.1, 0.15) is 0 Å². The second-order valence-corrected chi connectivity index (χ2v) is 4.07. The summed E-state index contributed by atoms with van der Waals surface area (Å²) in [6, 6.07) is 1.77. The maximum atomic E-state index is 12.2. The number of carbonyl (C=O) groups is 1. The summed E-state index contributed by atoms with van der Waals surface area (Å²) >= 11 is 0. The van der Waals surface area contributed by atoms with Crippen molar-refractivity contribution in [2.75, 3.05) is 25.5 Å². The summed E-state index contributed by atoms with van der Waals surface area (Å²) in [5.41, 5.74) is 1.52. The lowest BCUT2D eigenvalue weighted by atomic mass is 10.2. The number of nitrogens with zero attached hydrogens (tertiary/aromatic N) is 2. The molecule has 4 nitrogen and oxygen atoms in total. The Morgan fingerprint density at radius 1 is 1.41 bits per heavy atom. The van der Waals surface area contributed by atoms with Crippen LogP contribution in [0.3, 0.4) is 0 Å². The number of carbonyl (C=O) groups excluding carboxylic acids is 1. The van der Waals surface area contributed by atoms with Gasteiger partial charge in [-0.25, -0.2) is 0 Å². The summed E-state index contributed by atoms with van der Waals surface area (Å²) in [5, 5.41) is 3.23. The van der Waals surface area contributed by atoms with Crippen molar-refractivity contribution in [1.29, 1.82) is 0 Å². The average molecular weight is 235 g/mol. The summed E-state index contributed by atoms with van der Waals surface area (Å²) in [5.74, 6) is 0.0489. The van der Waals surface area contributed by atoms with Crippen LogP contribution in [0.15, 0.2) is 18.5 Å². The molecule has 94 valence electrons. The molecule has 17 heavy (non-hydrogen) atoms. The van der Waals surface area contributed by atoms with Gasteiger partial charge in [-0.1, -0.05) is 13.8 Å². The van der Waals surface area contributed by atoms with Crippen molar-refractivity contribution in [2.24, 2.45) is 0 Å². The lowest BCUT2D eigenvalue weighted by Gasteiger charge is -2.18. The lowest BCUT2D eigenvalue weighted by molar-refractivity contribution is 0.0796. The van der Waals surface area contributed by atoms with Crippen molar-refractivity contribution in [3.05, 3.63) is 24.0 Å². The fourth-order valence-corrected chi connectivity index (χ4v) is 1.62. The molecule has 0 fully saturated rings. The van der Waals surface area contributed by atoms with E-state index in [4.69, 9.17) is 0 Å². The highest BCUT2D eigenvalue weighted by atomic mass is 16.2. The minimum absolute atomic E-state index is 0.0489. The predicted octanol–water partition coefficient (Wildman–Crippen LogP) is 2.39. The molecule has 0 saturated carbocycles. The molecule has 0 radical (unpaired) electrons. The number of hydrogen-bond acceptors (Lipinski definition) is 3. The van der Waals surface area contributed by atoms with Gasteiger partial charge >= 0.3 is 0 Å². The predicted molar refractivity (Wildman–Crippen MR) is 70.3 cm³/mol. The van der Waals surface area contributed by atoms with Gasteiger partial charge in [0.15, 0.2) is 0 Å². The first kappa shape index (κ1) is 13.5. The molecule has 1 aromatic rings. The van der Waals surface area contributed by atoms with E-state index in [1.165, 1.54) is 0 Å². The molecule has 1 aromatic heterocycles. The number of rotatable bonds is 6. The monoisotopic (exact) mass is 235 g/mol. The number of aromatic nitrogens is 1. The van der Waals surface area contributed by atoms with Crippen LogP contribution in [0.1, 0.15) is 37.0 Å². The molecule has 0 aromatic carbocycles.